The molecular formula is C16H24N4O. The molecule has 2 fully saturated rings. The number of nitrogens with one attached hydrogen (secondary N) is 1. The van der Waals surface area contributed by atoms with Gasteiger partial charge in [0.15, 0.2) is 0 Å². The number of aromatic nitrogens is 2. The number of aryl methyl sites for hydroxylation is 2. The molecule has 1 atom stereocenters. The Bertz CT molecular complexity index is 507. The van der Waals surface area contributed by atoms with Crippen molar-refractivity contribution in [3.05, 3.63) is 17.6 Å². The first kappa shape index (κ1) is 14.3. The Morgan fingerprint density at radius 1 is 1.24 bits per heavy atom. The molecule has 5 nitrogen and oxygen atoms in total. The summed E-state index contributed by atoms with van der Waals surface area (Å²) in [6.45, 7) is 5.79. The molecule has 2 heterocycles. The Morgan fingerprint density at radius 3 is 2.71 bits per heavy atom. The van der Waals surface area contributed by atoms with Crippen molar-refractivity contribution in [2.24, 2.45) is 5.92 Å². The van der Waals surface area contributed by atoms with E-state index in [1.807, 2.05) is 19.9 Å². The summed E-state index contributed by atoms with van der Waals surface area (Å²) in [4.78, 5) is 23.2. The van der Waals surface area contributed by atoms with E-state index in [1.165, 1.54) is 6.42 Å². The predicted molar refractivity (Wildman–Crippen MR) is 82.2 cm³/mol. The van der Waals surface area contributed by atoms with Crippen LogP contribution in [-0.2, 0) is 4.79 Å². The summed E-state index contributed by atoms with van der Waals surface area (Å²) in [5.74, 6) is 2.32. The maximum atomic E-state index is 12.1. The first-order valence-corrected chi connectivity index (χ1v) is 7.99. The number of carbonyl (C=O) groups excluding carboxylic acids is 1. The smallest absolute Gasteiger partial charge is 0.223 e. The fraction of sp³-hybridized carbons (Fsp3) is 0.688. The molecule has 21 heavy (non-hydrogen) atoms. The first-order chi connectivity index (χ1) is 10.1. The Labute approximate surface area is 126 Å². The predicted octanol–water partition coefficient (Wildman–Crippen LogP) is 1.98. The number of piperidine rings is 1. The molecule has 1 amide bonds. The third-order valence-electron chi connectivity index (χ3n) is 4.52. The second-order valence-corrected chi connectivity index (χ2v) is 6.34. The van der Waals surface area contributed by atoms with Crippen LogP contribution in [0.4, 0.5) is 5.82 Å². The van der Waals surface area contributed by atoms with Crippen molar-refractivity contribution in [2.75, 3.05) is 18.0 Å². The van der Waals surface area contributed by atoms with Crippen LogP contribution >= 0.6 is 0 Å². The molecule has 2 aliphatic rings. The summed E-state index contributed by atoms with van der Waals surface area (Å²) in [6.07, 6.45) is 5.49. The number of anilines is 1. The van der Waals surface area contributed by atoms with Crippen LogP contribution in [0.3, 0.4) is 0 Å². The average Bonchev–Trinajstić information content (AvgIpc) is 2.35. The molecule has 1 aromatic rings. The molecule has 0 bridgehead atoms. The number of rotatable bonds is 3. The van der Waals surface area contributed by atoms with Crippen LogP contribution in [0.25, 0.3) is 0 Å². The van der Waals surface area contributed by atoms with Crippen LogP contribution < -0.4 is 10.2 Å². The first-order valence-electron chi connectivity index (χ1n) is 7.99. The van der Waals surface area contributed by atoms with Gasteiger partial charge in [0, 0.05) is 36.8 Å². The monoisotopic (exact) mass is 288 g/mol. The summed E-state index contributed by atoms with van der Waals surface area (Å²) in [7, 11) is 0. The molecule has 1 N–H and O–H groups in total. The van der Waals surface area contributed by atoms with Gasteiger partial charge in [-0.05, 0) is 39.5 Å². The quantitative estimate of drug-likeness (QED) is 0.924. The standard InChI is InChI=1S/C16H24N4O/c1-11-9-15(18-12(2)17-11)20-8-4-7-14(10-20)19-16(21)13-5-3-6-13/h9,13-14H,3-8,10H2,1-2H3,(H,19,21). The Morgan fingerprint density at radius 2 is 2.05 bits per heavy atom. The van der Waals surface area contributed by atoms with Crippen LogP contribution in [0.5, 0.6) is 0 Å². The van der Waals surface area contributed by atoms with Gasteiger partial charge in [-0.3, -0.25) is 4.79 Å². The Hall–Kier alpha value is -1.65. The molecule has 1 aliphatic heterocycles. The van der Waals surface area contributed by atoms with Crippen molar-refractivity contribution in [1.82, 2.24) is 15.3 Å². The molecule has 3 rings (SSSR count). The van der Waals surface area contributed by atoms with Crippen molar-refractivity contribution >= 4 is 11.7 Å². The van der Waals surface area contributed by atoms with Gasteiger partial charge in [0.2, 0.25) is 5.91 Å². The van der Waals surface area contributed by atoms with E-state index < -0.39 is 0 Å². The van der Waals surface area contributed by atoms with Crippen molar-refractivity contribution in [3.8, 4) is 0 Å². The van der Waals surface area contributed by atoms with Gasteiger partial charge in [-0.1, -0.05) is 6.42 Å². The van der Waals surface area contributed by atoms with Gasteiger partial charge < -0.3 is 10.2 Å². The topological polar surface area (TPSA) is 58.1 Å². The van der Waals surface area contributed by atoms with E-state index in [0.29, 0.717) is 0 Å². The molecule has 114 valence electrons. The lowest BCUT2D eigenvalue weighted by atomic mass is 9.84. The molecular weight excluding hydrogens is 264 g/mol. The van der Waals surface area contributed by atoms with Crippen LogP contribution in [0.2, 0.25) is 0 Å². The maximum Gasteiger partial charge on any atom is 0.223 e. The largest absolute Gasteiger partial charge is 0.354 e. The minimum Gasteiger partial charge on any atom is -0.354 e. The van der Waals surface area contributed by atoms with Crippen molar-refractivity contribution in [2.45, 2.75) is 52.0 Å². The van der Waals surface area contributed by atoms with E-state index in [9.17, 15) is 4.79 Å². The van der Waals surface area contributed by atoms with Gasteiger partial charge in [-0.2, -0.15) is 0 Å². The second-order valence-electron chi connectivity index (χ2n) is 6.34. The summed E-state index contributed by atoms with van der Waals surface area (Å²) in [6, 6.07) is 2.28. The second kappa shape index (κ2) is 6.00. The molecule has 1 saturated heterocycles. The molecule has 0 spiro atoms. The molecule has 1 aromatic heterocycles. The zero-order valence-electron chi connectivity index (χ0n) is 12.9. The number of amides is 1. The fourth-order valence-electron chi connectivity index (χ4n) is 3.15. The highest BCUT2D eigenvalue weighted by Crippen LogP contribution is 2.27. The number of hydrogen-bond donors (Lipinski definition) is 1. The number of carbonyl (C=O) groups is 1. The zero-order valence-corrected chi connectivity index (χ0v) is 12.9. The van der Waals surface area contributed by atoms with E-state index in [1.54, 1.807) is 0 Å². The summed E-state index contributed by atoms with van der Waals surface area (Å²) in [5, 5.41) is 3.23. The van der Waals surface area contributed by atoms with E-state index in [0.717, 1.165) is 56.1 Å². The molecule has 5 heteroatoms. The highest BCUT2D eigenvalue weighted by molar-refractivity contribution is 5.79. The van der Waals surface area contributed by atoms with Crippen molar-refractivity contribution in [3.63, 3.8) is 0 Å². The summed E-state index contributed by atoms with van der Waals surface area (Å²) < 4.78 is 0. The zero-order chi connectivity index (χ0) is 14.8. The van der Waals surface area contributed by atoms with Gasteiger partial charge in [0.25, 0.3) is 0 Å². The van der Waals surface area contributed by atoms with Crippen LogP contribution in [0.1, 0.15) is 43.6 Å². The molecule has 1 aliphatic carbocycles. The number of nitrogens with zero attached hydrogens (tertiary/aromatic N) is 3. The van der Waals surface area contributed by atoms with Gasteiger partial charge in [-0.15, -0.1) is 0 Å². The van der Waals surface area contributed by atoms with Crippen molar-refractivity contribution < 1.29 is 4.79 Å². The van der Waals surface area contributed by atoms with Crippen molar-refractivity contribution in [1.29, 1.82) is 0 Å². The van der Waals surface area contributed by atoms with Crippen LogP contribution in [0, 0.1) is 19.8 Å². The molecule has 0 aromatic carbocycles. The fourth-order valence-corrected chi connectivity index (χ4v) is 3.15. The highest BCUT2D eigenvalue weighted by Gasteiger charge is 2.29. The molecule has 1 unspecified atom stereocenters. The summed E-state index contributed by atoms with van der Waals surface area (Å²) in [5.41, 5.74) is 0.998. The van der Waals surface area contributed by atoms with Gasteiger partial charge in [0.1, 0.15) is 11.6 Å². The minimum absolute atomic E-state index is 0.252. The molecule has 1 saturated carbocycles. The van der Waals surface area contributed by atoms with E-state index in [4.69, 9.17) is 0 Å². The maximum absolute atomic E-state index is 12.1. The van der Waals surface area contributed by atoms with E-state index >= 15 is 0 Å². The third kappa shape index (κ3) is 3.34. The Balaban J connectivity index is 1.63. The highest BCUT2D eigenvalue weighted by atomic mass is 16.2. The average molecular weight is 288 g/mol. The van der Waals surface area contributed by atoms with Gasteiger partial charge in [-0.25, -0.2) is 9.97 Å². The van der Waals surface area contributed by atoms with Crippen LogP contribution in [0.15, 0.2) is 6.07 Å². The van der Waals surface area contributed by atoms with E-state index in [-0.39, 0.29) is 17.9 Å². The SMILES string of the molecule is Cc1cc(N2CCCC(NC(=O)C3CCC3)C2)nc(C)n1. The lowest BCUT2D eigenvalue weighted by Gasteiger charge is -2.35. The molecule has 0 radical (unpaired) electrons. The Kier molecular flexibility index (Phi) is 4.08. The lowest BCUT2D eigenvalue weighted by Crippen LogP contribution is -2.50. The lowest BCUT2D eigenvalue weighted by molar-refractivity contribution is -0.128. The van der Waals surface area contributed by atoms with E-state index in [2.05, 4.69) is 20.2 Å². The number of hydrogen-bond acceptors (Lipinski definition) is 4. The van der Waals surface area contributed by atoms with Gasteiger partial charge in [0.05, 0.1) is 0 Å². The third-order valence-corrected chi connectivity index (χ3v) is 4.52. The minimum atomic E-state index is 0.252. The van der Waals surface area contributed by atoms with Crippen LogP contribution in [-0.4, -0.2) is 35.0 Å². The normalized spacial score (nSPS) is 22.8. The summed E-state index contributed by atoms with van der Waals surface area (Å²) >= 11 is 0. The van der Waals surface area contributed by atoms with Gasteiger partial charge >= 0.3 is 0 Å².